The zero-order valence-corrected chi connectivity index (χ0v) is 10.5. The molecule has 1 aromatic rings. The second-order valence-corrected chi connectivity index (χ2v) is 5.34. The molecule has 0 radical (unpaired) electrons. The number of nitrogens with zero attached hydrogens (tertiary/aromatic N) is 1. The van der Waals surface area contributed by atoms with Gasteiger partial charge in [0.05, 0.1) is 9.82 Å². The summed E-state index contributed by atoms with van der Waals surface area (Å²) in [4.78, 5) is 19.1. The van der Waals surface area contributed by atoms with Gasteiger partial charge in [-0.25, -0.2) is 17.9 Å². The highest BCUT2D eigenvalue weighted by Crippen LogP contribution is 2.21. The van der Waals surface area contributed by atoms with Crippen molar-refractivity contribution in [2.75, 3.05) is 6.54 Å². The van der Waals surface area contributed by atoms with Gasteiger partial charge in [0.25, 0.3) is 0 Å². The van der Waals surface area contributed by atoms with E-state index in [0.29, 0.717) is 12.1 Å². The average molecular weight is 308 g/mol. The van der Waals surface area contributed by atoms with Gasteiger partial charge in [-0.05, 0) is 12.1 Å². The van der Waals surface area contributed by atoms with E-state index in [1.54, 1.807) is 4.72 Å². The number of nitro groups is 1. The molecule has 110 valence electrons. The van der Waals surface area contributed by atoms with E-state index < -0.39 is 50.0 Å². The van der Waals surface area contributed by atoms with Crippen LogP contribution in [0.5, 0.6) is 0 Å². The van der Waals surface area contributed by atoms with Crippen LogP contribution in [-0.2, 0) is 14.8 Å². The van der Waals surface area contributed by atoms with Gasteiger partial charge in [0.15, 0.2) is 6.10 Å². The first-order valence-electron chi connectivity index (χ1n) is 4.99. The maximum atomic E-state index is 13.1. The largest absolute Gasteiger partial charge is 0.479 e. The topological polar surface area (TPSA) is 147 Å². The average Bonchev–Trinajstić information content (AvgIpc) is 2.35. The molecule has 0 aliphatic rings. The lowest BCUT2D eigenvalue weighted by Gasteiger charge is -2.08. The summed E-state index contributed by atoms with van der Waals surface area (Å²) in [7, 11) is -4.31. The molecule has 0 heterocycles. The van der Waals surface area contributed by atoms with Gasteiger partial charge in [-0.3, -0.25) is 10.1 Å². The molecule has 0 aliphatic carbocycles. The minimum absolute atomic E-state index is 0.491. The van der Waals surface area contributed by atoms with Crippen LogP contribution in [0.2, 0.25) is 0 Å². The Kier molecular flexibility index (Phi) is 4.70. The van der Waals surface area contributed by atoms with E-state index in [0.717, 1.165) is 6.07 Å². The Morgan fingerprint density at radius 1 is 1.50 bits per heavy atom. The smallest absolute Gasteiger partial charge is 0.333 e. The number of nitrogens with one attached hydrogen (secondary N) is 1. The first-order valence-corrected chi connectivity index (χ1v) is 6.48. The summed E-state index contributed by atoms with van der Waals surface area (Å²) in [5.74, 6) is -2.85. The van der Waals surface area contributed by atoms with Crippen molar-refractivity contribution >= 4 is 21.7 Å². The van der Waals surface area contributed by atoms with Crippen LogP contribution in [0.4, 0.5) is 10.1 Å². The summed E-state index contributed by atoms with van der Waals surface area (Å²) >= 11 is 0. The third-order valence-corrected chi connectivity index (χ3v) is 3.60. The number of aliphatic hydroxyl groups is 1. The minimum Gasteiger partial charge on any atom is -0.479 e. The fourth-order valence-electron chi connectivity index (χ4n) is 1.16. The number of hydrogen-bond donors (Lipinski definition) is 3. The van der Waals surface area contributed by atoms with Crippen molar-refractivity contribution in [2.45, 2.75) is 11.0 Å². The lowest BCUT2D eigenvalue weighted by atomic mass is 10.3. The molecule has 0 aromatic heterocycles. The van der Waals surface area contributed by atoms with Crippen molar-refractivity contribution in [2.24, 2.45) is 0 Å². The Labute approximate surface area is 111 Å². The highest BCUT2D eigenvalue weighted by Gasteiger charge is 2.23. The molecule has 0 saturated carbocycles. The Morgan fingerprint density at radius 2 is 2.10 bits per heavy atom. The number of aliphatic carboxylic acids is 1. The van der Waals surface area contributed by atoms with E-state index in [-0.39, 0.29) is 0 Å². The Hall–Kier alpha value is -2.11. The van der Waals surface area contributed by atoms with Crippen molar-refractivity contribution in [1.82, 2.24) is 4.72 Å². The Morgan fingerprint density at radius 3 is 2.60 bits per heavy atom. The zero-order valence-electron chi connectivity index (χ0n) is 9.69. The van der Waals surface area contributed by atoms with Crippen LogP contribution in [-0.4, -0.2) is 42.2 Å². The van der Waals surface area contributed by atoms with Crippen molar-refractivity contribution in [1.29, 1.82) is 0 Å². The first kappa shape index (κ1) is 15.9. The van der Waals surface area contributed by atoms with Crippen molar-refractivity contribution < 1.29 is 32.7 Å². The summed E-state index contributed by atoms with van der Waals surface area (Å²) < 4.78 is 38.2. The molecular weight excluding hydrogens is 299 g/mol. The number of carboxylic acid groups (broad SMARTS) is 1. The van der Waals surface area contributed by atoms with E-state index >= 15 is 0 Å². The highest BCUT2D eigenvalue weighted by molar-refractivity contribution is 7.89. The number of carbonyl (C=O) groups is 1. The van der Waals surface area contributed by atoms with E-state index in [1.165, 1.54) is 0 Å². The number of carboxylic acids is 1. The standard InChI is InChI=1S/C9H9FN2O7S/c10-6-2-1-5(3-7(6)12(16)17)20(18,19)11-4-8(13)9(14)15/h1-3,8,11,13H,4H2,(H,14,15). The van der Waals surface area contributed by atoms with Gasteiger partial charge in [-0.2, -0.15) is 4.39 Å². The highest BCUT2D eigenvalue weighted by atomic mass is 32.2. The predicted octanol–water partition coefficient (Wildman–Crippen LogP) is -0.542. The molecule has 1 rings (SSSR count). The van der Waals surface area contributed by atoms with Gasteiger partial charge >= 0.3 is 11.7 Å². The summed E-state index contributed by atoms with van der Waals surface area (Å²) in [6.07, 6.45) is -1.97. The maximum Gasteiger partial charge on any atom is 0.333 e. The van der Waals surface area contributed by atoms with Crippen molar-refractivity contribution in [3.63, 3.8) is 0 Å². The molecule has 0 bridgehead atoms. The van der Waals surface area contributed by atoms with Crippen molar-refractivity contribution in [3.05, 3.63) is 34.1 Å². The molecule has 9 nitrogen and oxygen atoms in total. The molecule has 1 unspecified atom stereocenters. The predicted molar refractivity (Wildman–Crippen MR) is 61.9 cm³/mol. The molecule has 0 spiro atoms. The number of nitro benzene ring substituents is 1. The van der Waals surface area contributed by atoms with Crippen LogP contribution in [0.15, 0.2) is 23.1 Å². The quantitative estimate of drug-likeness (QED) is 0.472. The van der Waals surface area contributed by atoms with E-state index in [4.69, 9.17) is 10.2 Å². The number of hydrogen-bond acceptors (Lipinski definition) is 6. The molecule has 0 saturated heterocycles. The van der Waals surface area contributed by atoms with Crippen LogP contribution in [0.3, 0.4) is 0 Å². The molecule has 20 heavy (non-hydrogen) atoms. The van der Waals surface area contributed by atoms with Gasteiger partial charge in [0, 0.05) is 12.6 Å². The van der Waals surface area contributed by atoms with Gasteiger partial charge in [-0.15, -0.1) is 0 Å². The summed E-state index contributed by atoms with van der Waals surface area (Å²) in [5, 5.41) is 27.8. The van der Waals surface area contributed by atoms with E-state index in [2.05, 4.69) is 0 Å². The third-order valence-electron chi connectivity index (χ3n) is 2.18. The Balaban J connectivity index is 3.01. The third kappa shape index (κ3) is 3.69. The molecule has 1 atom stereocenters. The van der Waals surface area contributed by atoms with Gasteiger partial charge < -0.3 is 10.2 Å². The summed E-state index contributed by atoms with van der Waals surface area (Å²) in [6, 6.07) is 1.86. The zero-order chi connectivity index (χ0) is 15.5. The lowest BCUT2D eigenvalue weighted by molar-refractivity contribution is -0.387. The second kappa shape index (κ2) is 5.90. The summed E-state index contributed by atoms with van der Waals surface area (Å²) in [6.45, 7) is -0.831. The molecule has 11 heteroatoms. The van der Waals surface area contributed by atoms with E-state index in [9.17, 15) is 27.7 Å². The monoisotopic (exact) mass is 308 g/mol. The van der Waals surface area contributed by atoms with Crippen LogP contribution in [0.25, 0.3) is 0 Å². The minimum atomic E-state index is -4.31. The fraction of sp³-hybridized carbons (Fsp3) is 0.222. The van der Waals surface area contributed by atoms with Gasteiger partial charge in [0.2, 0.25) is 15.8 Å². The van der Waals surface area contributed by atoms with Crippen LogP contribution in [0.1, 0.15) is 0 Å². The molecule has 1 aromatic carbocycles. The van der Waals surface area contributed by atoms with E-state index in [1.807, 2.05) is 0 Å². The Bertz CT molecular complexity index is 646. The SMILES string of the molecule is O=C(O)C(O)CNS(=O)(=O)c1ccc(F)c([N+](=O)[O-])c1. The number of benzene rings is 1. The van der Waals surface area contributed by atoms with Crippen molar-refractivity contribution in [3.8, 4) is 0 Å². The number of rotatable bonds is 6. The lowest BCUT2D eigenvalue weighted by Crippen LogP contribution is -2.36. The summed E-state index contributed by atoms with van der Waals surface area (Å²) in [5.41, 5.74) is -1.04. The fourth-order valence-corrected chi connectivity index (χ4v) is 2.22. The molecule has 0 fully saturated rings. The van der Waals surface area contributed by atoms with Crippen LogP contribution >= 0.6 is 0 Å². The number of aliphatic hydroxyl groups excluding tert-OH is 1. The number of sulfonamides is 1. The molecule has 0 amide bonds. The van der Waals surface area contributed by atoms with Crippen LogP contribution in [0, 0.1) is 15.9 Å². The maximum absolute atomic E-state index is 13.1. The number of halogens is 1. The molecule has 3 N–H and O–H groups in total. The second-order valence-electron chi connectivity index (χ2n) is 3.58. The molecular formula is C9H9FN2O7S. The molecule has 0 aliphatic heterocycles. The normalized spacial score (nSPS) is 12.9. The van der Waals surface area contributed by atoms with Crippen LogP contribution < -0.4 is 4.72 Å². The first-order chi connectivity index (χ1) is 9.15. The van der Waals surface area contributed by atoms with Gasteiger partial charge in [0.1, 0.15) is 0 Å². The van der Waals surface area contributed by atoms with Gasteiger partial charge in [-0.1, -0.05) is 0 Å².